The van der Waals surface area contributed by atoms with Gasteiger partial charge in [-0.05, 0) is 53.3 Å². The molecule has 0 bridgehead atoms. The monoisotopic (exact) mass is 896 g/mol. The molecule has 0 aliphatic rings. The zero-order valence-corrected chi connectivity index (χ0v) is 34.2. The second-order valence-corrected chi connectivity index (χ2v) is 15.2. The summed E-state index contributed by atoms with van der Waals surface area (Å²) < 4.78 is 44.3. The van der Waals surface area contributed by atoms with Crippen LogP contribution in [-0.4, -0.2) is 19.5 Å². The zero-order chi connectivity index (χ0) is 40.1. The van der Waals surface area contributed by atoms with E-state index in [4.69, 9.17) is 18.5 Å². The van der Waals surface area contributed by atoms with E-state index in [0.29, 0.717) is 17.5 Å². The molecule has 1 radical (unpaired) electrons. The van der Waals surface area contributed by atoms with Gasteiger partial charge in [0, 0.05) is 58.4 Å². The van der Waals surface area contributed by atoms with Gasteiger partial charge >= 0.3 is 0 Å². The Balaban J connectivity index is 0.000000244. The van der Waals surface area contributed by atoms with Gasteiger partial charge in [0.05, 0.1) is 28.6 Å². The smallest absolute Gasteiger partial charge is 0.120 e. The summed E-state index contributed by atoms with van der Waals surface area (Å²) in [7, 11) is 0. The molecule has 0 saturated carbocycles. The predicted octanol–water partition coefficient (Wildman–Crippen LogP) is 12.6. The Kier molecular flexibility index (Phi) is 9.92. The van der Waals surface area contributed by atoms with E-state index in [0.717, 1.165) is 61.7 Å². The maximum Gasteiger partial charge on any atom is 0.120 e. The van der Waals surface area contributed by atoms with E-state index < -0.39 is 12.7 Å². The Labute approximate surface area is 335 Å². The Morgan fingerprint density at radius 2 is 1.56 bits per heavy atom. The number of aromatic nitrogens is 4. The number of halogens is 1. The second-order valence-electron chi connectivity index (χ2n) is 15.2. The summed E-state index contributed by atoms with van der Waals surface area (Å²) in [4.78, 5) is 14.1. The van der Waals surface area contributed by atoms with Gasteiger partial charge in [-0.1, -0.05) is 120 Å². The van der Waals surface area contributed by atoms with Crippen molar-refractivity contribution in [1.29, 1.82) is 0 Å². The van der Waals surface area contributed by atoms with Gasteiger partial charge in [-0.2, -0.15) is 0 Å². The average molecular weight is 896 g/mol. The Morgan fingerprint density at radius 1 is 0.815 bits per heavy atom. The molecule has 4 aromatic heterocycles. The van der Waals surface area contributed by atoms with E-state index in [1.165, 1.54) is 22.9 Å². The van der Waals surface area contributed by atoms with Gasteiger partial charge < -0.3 is 14.0 Å². The summed E-state index contributed by atoms with van der Waals surface area (Å²) in [6.07, 6.45) is 3.54. The molecule has 0 unspecified atom stereocenters. The molecule has 4 aromatic carbocycles. The zero-order valence-electron chi connectivity index (χ0n) is 34.8. The molecule has 0 saturated heterocycles. The molecule has 7 heteroatoms. The van der Waals surface area contributed by atoms with Gasteiger partial charge in [0.25, 0.3) is 0 Å². The molecule has 0 atom stereocenters. The van der Waals surface area contributed by atoms with Gasteiger partial charge in [-0.25, -0.2) is 0 Å². The third kappa shape index (κ3) is 7.40. The molecule has 8 rings (SSSR count). The van der Waals surface area contributed by atoms with Crippen molar-refractivity contribution in [1.82, 2.24) is 19.5 Å². The van der Waals surface area contributed by atoms with Gasteiger partial charge in [0.2, 0.25) is 0 Å². The third-order valence-electron chi connectivity index (χ3n) is 9.50. The first-order valence-electron chi connectivity index (χ1n) is 19.5. The number of rotatable bonds is 5. The first kappa shape index (κ1) is 34.8. The number of hydrogen-bond donors (Lipinski definition) is 0. The maximum atomic E-state index is 13.8. The summed E-state index contributed by atoms with van der Waals surface area (Å²) in [6, 6.07) is 33.1. The van der Waals surface area contributed by atoms with Crippen LogP contribution in [0.2, 0.25) is 0 Å². The van der Waals surface area contributed by atoms with Gasteiger partial charge in [0.1, 0.15) is 5.58 Å². The Morgan fingerprint density at radius 3 is 2.20 bits per heavy atom. The van der Waals surface area contributed by atoms with Crippen LogP contribution < -0.4 is 0 Å². The molecule has 0 aliphatic carbocycles. The average Bonchev–Trinajstić information content (AvgIpc) is 3.73. The summed E-state index contributed by atoms with van der Waals surface area (Å²) in [5, 5.41) is 2.17. The number of para-hydroxylation sites is 2. The van der Waals surface area contributed by atoms with Crippen molar-refractivity contribution in [3.8, 4) is 28.3 Å². The van der Waals surface area contributed by atoms with E-state index in [1.807, 2.05) is 37.4 Å². The van der Waals surface area contributed by atoms with Crippen molar-refractivity contribution in [2.75, 3.05) is 0 Å². The van der Waals surface area contributed by atoms with Crippen molar-refractivity contribution in [2.24, 2.45) is 0 Å². The molecule has 5 nitrogen and oxygen atoms in total. The number of aryl methyl sites for hydroxylation is 2. The van der Waals surface area contributed by atoms with Crippen LogP contribution in [0.1, 0.15) is 92.4 Å². The molecule has 0 spiro atoms. The Hall–Kier alpha value is -4.97. The molecule has 4 heterocycles. The topological polar surface area (TPSA) is 56.7 Å². The molecule has 277 valence electrons. The minimum Gasteiger partial charge on any atom is -0.501 e. The fourth-order valence-corrected chi connectivity index (χ4v) is 6.69. The van der Waals surface area contributed by atoms with Crippen LogP contribution in [-0.2, 0) is 25.5 Å². The number of benzene rings is 4. The van der Waals surface area contributed by atoms with Gasteiger partial charge in [-0.3, -0.25) is 14.4 Å². The normalized spacial score (nSPS) is 12.8. The van der Waals surface area contributed by atoms with E-state index in [2.05, 4.69) is 113 Å². The number of nitrogens with zero attached hydrogens (tertiary/aromatic N) is 4. The van der Waals surface area contributed by atoms with Crippen LogP contribution >= 0.6 is 0 Å². The molecule has 8 aromatic rings. The number of fused-ring (bicyclic) bond motifs is 4. The molecule has 0 N–H and O–H groups in total. The molecule has 0 aliphatic heterocycles. The summed E-state index contributed by atoms with van der Waals surface area (Å²) in [5.41, 5.74) is 10.7. The van der Waals surface area contributed by atoms with Crippen LogP contribution in [0.4, 0.5) is 4.39 Å². The van der Waals surface area contributed by atoms with E-state index in [1.54, 1.807) is 12.3 Å². The van der Waals surface area contributed by atoms with E-state index in [9.17, 15) is 4.39 Å². The van der Waals surface area contributed by atoms with Crippen LogP contribution in [0.25, 0.3) is 61.3 Å². The minimum absolute atomic E-state index is 0. The molecular formula is C47H45FIrN4O-2. The van der Waals surface area contributed by atoms with Crippen LogP contribution in [0.15, 0.2) is 102 Å². The SMILES string of the molecule is CC(C)c1cccc(C(C)C)c1-n1c(-c2[c-]ccc3c2oc2ccccc23)nc2cnc(C(C)(C)C)cc21.[2H]C([2H])([2H])c1c[c-]c(-c2ccc(C)cn2)c(F)c1.[Ir]. The second kappa shape index (κ2) is 15.4. The first-order valence-corrected chi connectivity index (χ1v) is 18.0. The summed E-state index contributed by atoms with van der Waals surface area (Å²) >= 11 is 0. The Bertz CT molecular complexity index is 2680. The third-order valence-corrected chi connectivity index (χ3v) is 9.50. The standard InChI is InChI=1S/C34H34N3O.C13H11FN.Ir/c1-20(2)22-13-10-14-23(21(3)4)31(22)37-28-18-30(34(5,6)7)35-19-27(28)36-33(37)26-16-11-15-25-24-12-8-9-17-29(24)38-32(25)26;1-9-3-5-11(12(14)7-9)13-6-4-10(2)8-15-13;/h8-15,17-21H,1-7H3;3-4,6-8H,1-2H3;/q2*-1;/i;1D3;. The minimum atomic E-state index is -2.32. The fourth-order valence-electron chi connectivity index (χ4n) is 6.69. The summed E-state index contributed by atoms with van der Waals surface area (Å²) in [6.45, 7) is 15.2. The quantitative estimate of drug-likeness (QED) is 0.162. The number of imidazole rings is 1. The van der Waals surface area contributed by atoms with Crippen molar-refractivity contribution < 1.29 is 33.0 Å². The molecular weight excluding hydrogens is 848 g/mol. The predicted molar refractivity (Wildman–Crippen MR) is 215 cm³/mol. The largest absolute Gasteiger partial charge is 0.501 e. The molecule has 54 heavy (non-hydrogen) atoms. The van der Waals surface area contributed by atoms with Crippen LogP contribution in [0.5, 0.6) is 0 Å². The van der Waals surface area contributed by atoms with E-state index in [-0.39, 0.29) is 36.6 Å². The van der Waals surface area contributed by atoms with Crippen molar-refractivity contribution in [3.05, 3.63) is 143 Å². The maximum absolute atomic E-state index is 13.8. The van der Waals surface area contributed by atoms with Gasteiger partial charge in [-0.15, -0.1) is 42.0 Å². The van der Waals surface area contributed by atoms with Crippen molar-refractivity contribution in [3.63, 3.8) is 0 Å². The van der Waals surface area contributed by atoms with Crippen LogP contribution in [0.3, 0.4) is 0 Å². The number of furan rings is 1. The molecule has 0 fully saturated rings. The van der Waals surface area contributed by atoms with Crippen LogP contribution in [0, 0.1) is 31.7 Å². The fraction of sp³-hybridized carbons (Fsp3) is 0.255. The number of pyridine rings is 2. The van der Waals surface area contributed by atoms with E-state index >= 15 is 0 Å². The summed E-state index contributed by atoms with van der Waals surface area (Å²) in [5.74, 6) is 0.875. The number of hydrogen-bond acceptors (Lipinski definition) is 4. The van der Waals surface area contributed by atoms with Crippen molar-refractivity contribution in [2.45, 2.75) is 79.5 Å². The van der Waals surface area contributed by atoms with Gasteiger partial charge in [0.15, 0.2) is 0 Å². The molecule has 0 amide bonds. The first-order chi connectivity index (χ1) is 26.5. The van der Waals surface area contributed by atoms with Crippen molar-refractivity contribution >= 4 is 33.0 Å².